The molecule has 174 valence electrons. The number of rotatable bonds is 3. The fourth-order valence-electron chi connectivity index (χ4n) is 5.33. The summed E-state index contributed by atoms with van der Waals surface area (Å²) in [5.41, 5.74) is 3.35. The van der Waals surface area contributed by atoms with Crippen molar-refractivity contribution in [3.63, 3.8) is 0 Å². The van der Waals surface area contributed by atoms with Gasteiger partial charge in [0.05, 0.1) is 17.7 Å². The summed E-state index contributed by atoms with van der Waals surface area (Å²) in [6.45, 7) is 9.31. The second-order valence-electron chi connectivity index (χ2n) is 9.57. The lowest BCUT2D eigenvalue weighted by Gasteiger charge is -2.35. The molecule has 0 aliphatic carbocycles. The number of ketones is 1. The number of carbonyl (C=O) groups excluding carboxylic acids is 1. The average Bonchev–Trinajstić information content (AvgIpc) is 3.06. The van der Waals surface area contributed by atoms with Gasteiger partial charge in [0.2, 0.25) is 5.78 Å². The summed E-state index contributed by atoms with van der Waals surface area (Å²) in [7, 11) is 0. The van der Waals surface area contributed by atoms with Crippen LogP contribution in [0.25, 0.3) is 6.08 Å². The average molecular weight is 470 g/mol. The minimum atomic E-state index is -0.204. The van der Waals surface area contributed by atoms with Crippen LogP contribution in [0, 0.1) is 18.8 Å². The number of allylic oxidation sites excluding steroid dienone is 1. The van der Waals surface area contributed by atoms with E-state index in [1.165, 1.54) is 6.42 Å². The van der Waals surface area contributed by atoms with Gasteiger partial charge in [-0.25, -0.2) is 0 Å². The number of phenols is 1. The van der Waals surface area contributed by atoms with Crippen LogP contribution >= 0.6 is 11.6 Å². The highest BCUT2D eigenvalue weighted by molar-refractivity contribution is 6.31. The fraction of sp³-hybridized carbons (Fsp3) is 0.423. The van der Waals surface area contributed by atoms with Gasteiger partial charge >= 0.3 is 0 Å². The Morgan fingerprint density at radius 2 is 1.94 bits per heavy atom. The molecule has 0 saturated carbocycles. The number of nitrogens with zero attached hydrogens (tertiary/aromatic N) is 1. The molecule has 1 fully saturated rings. The molecule has 6 nitrogen and oxygen atoms in total. The van der Waals surface area contributed by atoms with Crippen LogP contribution in [-0.4, -0.2) is 35.7 Å². The van der Waals surface area contributed by atoms with E-state index < -0.39 is 0 Å². The molecule has 3 aliphatic heterocycles. The Labute approximate surface area is 198 Å². The van der Waals surface area contributed by atoms with E-state index in [4.69, 9.17) is 25.8 Å². The Morgan fingerprint density at radius 3 is 2.70 bits per heavy atom. The van der Waals surface area contributed by atoms with Gasteiger partial charge in [-0.3, -0.25) is 9.69 Å². The molecular weight excluding hydrogens is 442 g/mol. The maximum absolute atomic E-state index is 13.3. The summed E-state index contributed by atoms with van der Waals surface area (Å²) in [5, 5.41) is 11.3. The van der Waals surface area contributed by atoms with Crippen molar-refractivity contribution < 1.29 is 24.1 Å². The minimum absolute atomic E-state index is 0.143. The quantitative estimate of drug-likeness (QED) is 0.614. The summed E-state index contributed by atoms with van der Waals surface area (Å²) in [6.07, 6.45) is 2.87. The maximum atomic E-state index is 13.3. The lowest BCUT2D eigenvalue weighted by Crippen LogP contribution is -2.38. The summed E-state index contributed by atoms with van der Waals surface area (Å²) in [6, 6.07) is 5.21. The molecule has 2 aromatic carbocycles. The number of piperidine rings is 1. The first-order chi connectivity index (χ1) is 15.8. The predicted octanol–water partition coefficient (Wildman–Crippen LogP) is 5.31. The van der Waals surface area contributed by atoms with Crippen molar-refractivity contribution in [2.75, 3.05) is 19.9 Å². The standard InChI is InChI=1S/C26H28ClNO5/c1-14-4-15(2)10-28(9-14)11-20-21(29)5-16(3)23-24(30)22(33-26(20)23)8-17-6-19(27)7-18-12-31-13-32-25(17)18/h5-8,14-15,29H,4,9-13H2,1-3H3/b22-8+. The number of Topliss-reactive ketones (excluding diaryl/α,β-unsaturated/α-hetero) is 1. The predicted molar refractivity (Wildman–Crippen MR) is 126 cm³/mol. The molecule has 0 spiro atoms. The zero-order valence-electron chi connectivity index (χ0n) is 19.1. The number of phenolic OH excluding ortho intramolecular Hbond substituents is 1. The highest BCUT2D eigenvalue weighted by Gasteiger charge is 2.35. The molecule has 5 rings (SSSR count). The number of aromatic hydroxyl groups is 1. The second-order valence-corrected chi connectivity index (χ2v) is 10.0. The molecule has 2 aromatic rings. The van der Waals surface area contributed by atoms with Gasteiger partial charge in [0.25, 0.3) is 0 Å². The van der Waals surface area contributed by atoms with Crippen LogP contribution in [0.5, 0.6) is 17.2 Å². The van der Waals surface area contributed by atoms with Crippen LogP contribution in [0.15, 0.2) is 24.0 Å². The molecular formula is C26H28ClNO5. The van der Waals surface area contributed by atoms with Gasteiger partial charge in [0.15, 0.2) is 12.6 Å². The van der Waals surface area contributed by atoms with E-state index in [9.17, 15) is 9.90 Å². The first kappa shape index (κ1) is 22.3. The van der Waals surface area contributed by atoms with Crippen molar-refractivity contribution >= 4 is 23.5 Å². The van der Waals surface area contributed by atoms with E-state index in [1.54, 1.807) is 24.3 Å². The van der Waals surface area contributed by atoms with Crippen molar-refractivity contribution in [2.24, 2.45) is 11.8 Å². The van der Waals surface area contributed by atoms with Gasteiger partial charge in [-0.05, 0) is 55.0 Å². The number of aryl methyl sites for hydroxylation is 1. The third kappa shape index (κ3) is 4.23. The van der Waals surface area contributed by atoms with Crippen LogP contribution in [0.2, 0.25) is 5.02 Å². The number of ether oxygens (including phenoxy) is 3. The van der Waals surface area contributed by atoms with Crippen molar-refractivity contribution in [3.8, 4) is 17.2 Å². The highest BCUT2D eigenvalue weighted by Crippen LogP contribution is 2.43. The first-order valence-electron chi connectivity index (χ1n) is 11.3. The van der Waals surface area contributed by atoms with Gasteiger partial charge in [-0.2, -0.15) is 0 Å². The van der Waals surface area contributed by atoms with E-state index in [0.29, 0.717) is 63.8 Å². The normalized spacial score (nSPS) is 23.8. The first-order valence-corrected chi connectivity index (χ1v) is 11.7. The van der Waals surface area contributed by atoms with Crippen molar-refractivity contribution in [3.05, 3.63) is 56.8 Å². The lowest BCUT2D eigenvalue weighted by molar-refractivity contribution is -0.0165. The zero-order valence-corrected chi connectivity index (χ0v) is 19.9. The highest BCUT2D eigenvalue weighted by atomic mass is 35.5. The molecule has 33 heavy (non-hydrogen) atoms. The van der Waals surface area contributed by atoms with Crippen LogP contribution < -0.4 is 9.47 Å². The van der Waals surface area contributed by atoms with Crippen LogP contribution in [0.4, 0.5) is 0 Å². The van der Waals surface area contributed by atoms with Crippen molar-refractivity contribution in [2.45, 2.75) is 40.3 Å². The third-order valence-electron chi connectivity index (χ3n) is 6.54. The SMILES string of the molecule is Cc1cc(O)c(CN2CC(C)CC(C)C2)c2c1C(=O)/C(=C\c1cc(Cl)cc3c1OCOC3)O2. The van der Waals surface area contributed by atoms with Crippen LogP contribution in [0.1, 0.15) is 52.9 Å². The van der Waals surface area contributed by atoms with Crippen LogP contribution in [-0.2, 0) is 17.9 Å². The minimum Gasteiger partial charge on any atom is -0.507 e. The largest absolute Gasteiger partial charge is 0.507 e. The molecule has 3 heterocycles. The van der Waals surface area contributed by atoms with Gasteiger partial charge in [-0.15, -0.1) is 0 Å². The number of likely N-dealkylation sites (tertiary alicyclic amines) is 1. The molecule has 0 aromatic heterocycles. The number of fused-ring (bicyclic) bond motifs is 2. The van der Waals surface area contributed by atoms with Gasteiger partial charge < -0.3 is 19.3 Å². The molecule has 0 bridgehead atoms. The molecule has 7 heteroatoms. The third-order valence-corrected chi connectivity index (χ3v) is 6.76. The molecule has 0 amide bonds. The van der Waals surface area contributed by atoms with Crippen molar-refractivity contribution in [1.82, 2.24) is 4.90 Å². The van der Waals surface area contributed by atoms with Crippen LogP contribution in [0.3, 0.4) is 0 Å². The Bertz CT molecular complexity index is 1150. The summed E-state index contributed by atoms with van der Waals surface area (Å²) < 4.78 is 17.2. The van der Waals surface area contributed by atoms with Crippen molar-refractivity contribution in [1.29, 1.82) is 0 Å². The zero-order chi connectivity index (χ0) is 23.3. The van der Waals surface area contributed by atoms with E-state index in [-0.39, 0.29) is 24.1 Å². The summed E-state index contributed by atoms with van der Waals surface area (Å²) in [4.78, 5) is 15.7. The lowest BCUT2D eigenvalue weighted by atomic mass is 9.91. The Balaban J connectivity index is 1.52. The number of benzene rings is 2. The van der Waals surface area contributed by atoms with Gasteiger partial charge in [0, 0.05) is 35.8 Å². The molecule has 1 N–H and O–H groups in total. The topological polar surface area (TPSA) is 68.2 Å². The van der Waals surface area contributed by atoms with Gasteiger partial charge in [-0.1, -0.05) is 25.4 Å². The summed E-state index contributed by atoms with van der Waals surface area (Å²) >= 11 is 6.29. The van der Waals surface area contributed by atoms with E-state index in [1.807, 2.05) is 6.92 Å². The number of halogens is 1. The van der Waals surface area contributed by atoms with E-state index in [2.05, 4.69) is 18.7 Å². The van der Waals surface area contributed by atoms with E-state index >= 15 is 0 Å². The van der Waals surface area contributed by atoms with Gasteiger partial charge in [0.1, 0.15) is 17.2 Å². The molecule has 2 unspecified atom stereocenters. The second kappa shape index (κ2) is 8.67. The Morgan fingerprint density at radius 1 is 1.18 bits per heavy atom. The molecule has 1 saturated heterocycles. The molecule has 0 radical (unpaired) electrons. The summed E-state index contributed by atoms with van der Waals surface area (Å²) in [5.74, 6) is 2.42. The molecule has 3 aliphatic rings. The Hall–Kier alpha value is -2.54. The fourth-order valence-corrected chi connectivity index (χ4v) is 5.58. The monoisotopic (exact) mass is 469 g/mol. The molecule has 2 atom stereocenters. The number of hydrogen-bond acceptors (Lipinski definition) is 6. The number of hydrogen-bond donors (Lipinski definition) is 1. The maximum Gasteiger partial charge on any atom is 0.232 e. The van der Waals surface area contributed by atoms with E-state index in [0.717, 1.165) is 18.7 Å². The Kier molecular flexibility index (Phi) is 5.85. The number of carbonyl (C=O) groups is 1. The smallest absolute Gasteiger partial charge is 0.232 e.